The molecule has 2 rings (SSSR count). The van der Waals surface area contributed by atoms with E-state index in [1.807, 2.05) is 0 Å². The third kappa shape index (κ3) is 3.68. The van der Waals surface area contributed by atoms with Crippen molar-refractivity contribution in [3.05, 3.63) is 5.51 Å². The van der Waals surface area contributed by atoms with Crippen molar-refractivity contribution in [2.45, 2.75) is 43.5 Å². The topological polar surface area (TPSA) is 54.9 Å². The van der Waals surface area contributed by atoms with E-state index in [1.54, 1.807) is 5.51 Å². The van der Waals surface area contributed by atoms with Gasteiger partial charge in [0.2, 0.25) is 5.91 Å². The molecule has 6 heteroatoms. The van der Waals surface area contributed by atoms with Gasteiger partial charge < -0.3 is 5.32 Å². The quantitative estimate of drug-likeness (QED) is 0.864. The van der Waals surface area contributed by atoms with Crippen LogP contribution in [0.25, 0.3) is 0 Å². The van der Waals surface area contributed by atoms with Crippen molar-refractivity contribution in [1.29, 1.82) is 0 Å². The number of amides is 1. The normalized spacial score (nSPS) is 28.0. The third-order valence-corrected chi connectivity index (χ3v) is 5.58. The second-order valence-electron chi connectivity index (χ2n) is 4.93. The highest BCUT2D eigenvalue weighted by molar-refractivity contribution is 8.01. The number of nitrogens with one attached hydrogen (secondary N) is 1. The molecule has 0 aromatic carbocycles. The molecule has 1 aliphatic rings. The molecule has 1 saturated carbocycles. The second-order valence-corrected chi connectivity index (χ2v) is 6.99. The number of hydrogen-bond donors (Lipinski definition) is 1. The Hall–Kier alpha value is -0.620. The van der Waals surface area contributed by atoms with Crippen LogP contribution in [0.2, 0.25) is 0 Å². The summed E-state index contributed by atoms with van der Waals surface area (Å²) in [5.41, 5.74) is 1.69. The fraction of sp³-hybridized carbons (Fsp3) is 0.750. The standard InChI is InChI=1S/C12H19N3OS2/c1-8-4-3-5-10(9(8)2)14-11(16)6-17-12-15-13-7-18-12/h7-10H,3-6H2,1-2H3,(H,14,16)/t8-,9+,10-/m1/s1. The van der Waals surface area contributed by atoms with Gasteiger partial charge in [-0.05, 0) is 18.3 Å². The van der Waals surface area contributed by atoms with Crippen molar-refractivity contribution in [1.82, 2.24) is 15.5 Å². The molecule has 0 spiro atoms. The molecule has 1 heterocycles. The van der Waals surface area contributed by atoms with Crippen molar-refractivity contribution >= 4 is 29.0 Å². The van der Waals surface area contributed by atoms with Gasteiger partial charge in [0.1, 0.15) is 5.51 Å². The summed E-state index contributed by atoms with van der Waals surface area (Å²) in [6, 6.07) is 0.344. The maximum atomic E-state index is 11.9. The van der Waals surface area contributed by atoms with Crippen LogP contribution in [0.5, 0.6) is 0 Å². The summed E-state index contributed by atoms with van der Waals surface area (Å²) in [6.07, 6.45) is 3.62. The number of carbonyl (C=O) groups is 1. The first-order valence-corrected chi connectivity index (χ1v) is 8.21. The number of carbonyl (C=O) groups excluding carboxylic acids is 1. The molecule has 4 nitrogen and oxygen atoms in total. The summed E-state index contributed by atoms with van der Waals surface area (Å²) < 4.78 is 0.857. The lowest BCUT2D eigenvalue weighted by atomic mass is 9.78. The van der Waals surface area contributed by atoms with Crippen molar-refractivity contribution in [3.63, 3.8) is 0 Å². The van der Waals surface area contributed by atoms with Crippen LogP contribution in [0.1, 0.15) is 33.1 Å². The molecular weight excluding hydrogens is 266 g/mol. The van der Waals surface area contributed by atoms with Gasteiger partial charge in [0.15, 0.2) is 4.34 Å². The second kappa shape index (κ2) is 6.52. The first-order chi connectivity index (χ1) is 8.66. The average molecular weight is 285 g/mol. The van der Waals surface area contributed by atoms with Crippen LogP contribution >= 0.6 is 23.1 Å². The van der Waals surface area contributed by atoms with Crippen LogP contribution in [0.15, 0.2) is 9.85 Å². The van der Waals surface area contributed by atoms with Gasteiger partial charge in [-0.1, -0.05) is 49.8 Å². The van der Waals surface area contributed by atoms with Gasteiger partial charge in [0, 0.05) is 6.04 Å². The van der Waals surface area contributed by atoms with Crippen molar-refractivity contribution in [2.24, 2.45) is 11.8 Å². The van der Waals surface area contributed by atoms with E-state index in [1.165, 1.54) is 35.9 Å². The number of nitrogens with zero attached hydrogens (tertiary/aromatic N) is 2. The highest BCUT2D eigenvalue weighted by atomic mass is 32.2. The Kier molecular flexibility index (Phi) is 5.00. The molecule has 1 fully saturated rings. The number of rotatable bonds is 4. The van der Waals surface area contributed by atoms with Crippen LogP contribution in [-0.4, -0.2) is 27.9 Å². The van der Waals surface area contributed by atoms with E-state index in [2.05, 4.69) is 29.4 Å². The van der Waals surface area contributed by atoms with Crippen LogP contribution in [0, 0.1) is 11.8 Å². The van der Waals surface area contributed by atoms with Gasteiger partial charge in [0.25, 0.3) is 0 Å². The first-order valence-electron chi connectivity index (χ1n) is 6.35. The van der Waals surface area contributed by atoms with E-state index in [-0.39, 0.29) is 5.91 Å². The molecule has 3 atom stereocenters. The first kappa shape index (κ1) is 13.8. The van der Waals surface area contributed by atoms with E-state index in [0.29, 0.717) is 23.6 Å². The fourth-order valence-corrected chi connectivity index (χ4v) is 3.69. The molecule has 100 valence electrons. The molecule has 1 aliphatic carbocycles. The minimum Gasteiger partial charge on any atom is -0.352 e. The van der Waals surface area contributed by atoms with E-state index >= 15 is 0 Å². The SMILES string of the molecule is C[C@H]1[C@H](C)CCC[C@H]1NC(=O)CSc1nncs1. The van der Waals surface area contributed by atoms with Crippen molar-refractivity contribution in [3.8, 4) is 0 Å². The van der Waals surface area contributed by atoms with E-state index in [0.717, 1.165) is 10.8 Å². The molecule has 0 radical (unpaired) electrons. The zero-order valence-corrected chi connectivity index (χ0v) is 12.4. The van der Waals surface area contributed by atoms with Gasteiger partial charge in [-0.3, -0.25) is 4.79 Å². The van der Waals surface area contributed by atoms with Crippen LogP contribution in [-0.2, 0) is 4.79 Å². The summed E-state index contributed by atoms with van der Waals surface area (Å²) in [7, 11) is 0. The largest absolute Gasteiger partial charge is 0.352 e. The van der Waals surface area contributed by atoms with Crippen molar-refractivity contribution < 1.29 is 4.79 Å². The van der Waals surface area contributed by atoms with Crippen LogP contribution in [0.4, 0.5) is 0 Å². The Bertz CT molecular complexity index is 383. The lowest BCUT2D eigenvalue weighted by Gasteiger charge is -2.34. The maximum Gasteiger partial charge on any atom is 0.230 e. The number of aromatic nitrogens is 2. The Balaban J connectivity index is 1.76. The molecule has 18 heavy (non-hydrogen) atoms. The summed E-state index contributed by atoms with van der Waals surface area (Å²) in [6.45, 7) is 4.52. The molecule has 1 aromatic heterocycles. The predicted molar refractivity (Wildman–Crippen MR) is 74.7 cm³/mol. The Labute approximate surface area is 116 Å². The summed E-state index contributed by atoms with van der Waals surface area (Å²) >= 11 is 2.93. The molecule has 1 N–H and O–H groups in total. The fourth-order valence-electron chi connectivity index (χ4n) is 2.39. The molecule has 1 aromatic rings. The van der Waals surface area contributed by atoms with Crippen LogP contribution in [0.3, 0.4) is 0 Å². The smallest absolute Gasteiger partial charge is 0.230 e. The molecular formula is C12H19N3OS2. The van der Waals surface area contributed by atoms with E-state index in [4.69, 9.17) is 0 Å². The number of thioether (sulfide) groups is 1. The summed E-state index contributed by atoms with van der Waals surface area (Å²) in [4.78, 5) is 11.9. The number of hydrogen-bond acceptors (Lipinski definition) is 5. The van der Waals surface area contributed by atoms with E-state index in [9.17, 15) is 4.79 Å². The van der Waals surface area contributed by atoms with E-state index < -0.39 is 0 Å². The maximum absolute atomic E-state index is 11.9. The zero-order valence-electron chi connectivity index (χ0n) is 10.8. The van der Waals surface area contributed by atoms with Gasteiger partial charge in [-0.25, -0.2) is 0 Å². The zero-order chi connectivity index (χ0) is 13.0. The Morgan fingerprint density at radius 1 is 1.56 bits per heavy atom. The lowest BCUT2D eigenvalue weighted by molar-refractivity contribution is -0.119. The average Bonchev–Trinajstić information content (AvgIpc) is 2.86. The van der Waals surface area contributed by atoms with Gasteiger partial charge in [-0.2, -0.15) is 0 Å². The molecule has 0 saturated heterocycles. The van der Waals surface area contributed by atoms with Crippen LogP contribution < -0.4 is 5.32 Å². The summed E-state index contributed by atoms with van der Waals surface area (Å²) in [5.74, 6) is 1.84. The predicted octanol–water partition coefficient (Wildman–Crippen LogP) is 2.57. The van der Waals surface area contributed by atoms with Gasteiger partial charge >= 0.3 is 0 Å². The molecule has 0 unspecified atom stereocenters. The van der Waals surface area contributed by atoms with Gasteiger partial charge in [0.05, 0.1) is 5.75 Å². The van der Waals surface area contributed by atoms with Gasteiger partial charge in [-0.15, -0.1) is 10.2 Å². The summed E-state index contributed by atoms with van der Waals surface area (Å²) in [5, 5.41) is 10.8. The minimum absolute atomic E-state index is 0.112. The monoisotopic (exact) mass is 285 g/mol. The Morgan fingerprint density at radius 3 is 3.11 bits per heavy atom. The highest BCUT2D eigenvalue weighted by Gasteiger charge is 2.27. The lowest BCUT2D eigenvalue weighted by Crippen LogP contribution is -2.44. The molecule has 1 amide bonds. The molecule has 0 bridgehead atoms. The van der Waals surface area contributed by atoms with Crippen molar-refractivity contribution in [2.75, 3.05) is 5.75 Å². The minimum atomic E-state index is 0.112. The third-order valence-electron chi connectivity index (χ3n) is 3.72. The Morgan fingerprint density at radius 2 is 2.39 bits per heavy atom. The highest BCUT2D eigenvalue weighted by Crippen LogP contribution is 2.29. The molecule has 0 aliphatic heterocycles.